The van der Waals surface area contributed by atoms with Crippen molar-refractivity contribution in [2.75, 3.05) is 0 Å². The molecule has 1 unspecified atom stereocenters. The van der Waals surface area contributed by atoms with Gasteiger partial charge in [0.15, 0.2) is 0 Å². The molecule has 1 aromatic heterocycles. The number of benzene rings is 3. The van der Waals surface area contributed by atoms with Gasteiger partial charge in [-0.25, -0.2) is 9.97 Å². The van der Waals surface area contributed by atoms with Crippen molar-refractivity contribution in [2.45, 2.75) is 11.8 Å². The molecule has 3 nitrogen and oxygen atoms in total. The van der Waals surface area contributed by atoms with Crippen molar-refractivity contribution in [1.29, 1.82) is 0 Å². The van der Waals surface area contributed by atoms with Crippen molar-refractivity contribution in [3.63, 3.8) is 0 Å². The van der Waals surface area contributed by atoms with Gasteiger partial charge >= 0.3 is 0 Å². The Morgan fingerprint density at radius 1 is 0.840 bits per heavy atom. The van der Waals surface area contributed by atoms with Crippen LogP contribution >= 0.6 is 0 Å². The average Bonchev–Trinajstić information content (AvgIpc) is 3.00. The third kappa shape index (κ3) is 1.51. The Labute approximate surface area is 144 Å². The Bertz CT molecular complexity index is 1110. The molecule has 1 spiro atoms. The quantitative estimate of drug-likeness (QED) is 0.473. The predicted molar refractivity (Wildman–Crippen MR) is 96.1 cm³/mol. The molecule has 1 atom stereocenters. The van der Waals surface area contributed by atoms with E-state index in [1.54, 1.807) is 6.33 Å². The van der Waals surface area contributed by atoms with Crippen LogP contribution in [0.25, 0.3) is 10.8 Å². The molecule has 6 rings (SSSR count). The second-order valence-corrected chi connectivity index (χ2v) is 6.74. The van der Waals surface area contributed by atoms with Gasteiger partial charge in [0.05, 0.1) is 5.41 Å². The first-order valence-electron chi connectivity index (χ1n) is 8.47. The van der Waals surface area contributed by atoms with Gasteiger partial charge in [-0.05, 0) is 34.4 Å². The fourth-order valence-electron chi connectivity index (χ4n) is 4.63. The van der Waals surface area contributed by atoms with Gasteiger partial charge in [-0.1, -0.05) is 54.6 Å². The fourth-order valence-corrected chi connectivity index (χ4v) is 4.63. The number of fused-ring (bicyclic) bond motifs is 5. The number of hydrogen-bond acceptors (Lipinski definition) is 3. The van der Waals surface area contributed by atoms with Crippen molar-refractivity contribution in [1.82, 2.24) is 9.97 Å². The zero-order chi connectivity index (χ0) is 16.4. The van der Waals surface area contributed by atoms with Gasteiger partial charge in [0.2, 0.25) is 5.88 Å². The second-order valence-electron chi connectivity index (χ2n) is 6.74. The van der Waals surface area contributed by atoms with E-state index in [9.17, 15) is 0 Å². The van der Waals surface area contributed by atoms with Gasteiger partial charge in [0.1, 0.15) is 12.1 Å². The van der Waals surface area contributed by atoms with E-state index in [2.05, 4.69) is 58.5 Å². The predicted octanol–water partition coefficient (Wildman–Crippen LogP) is 4.63. The third-order valence-electron chi connectivity index (χ3n) is 5.60. The largest absolute Gasteiger partial charge is 0.438 e. The SMILES string of the molecule is c1ccc2c(c1)Oc1ncncc1C21Cc2cccc3cccc1c23. The molecule has 25 heavy (non-hydrogen) atoms. The van der Waals surface area contributed by atoms with Crippen LogP contribution in [0.4, 0.5) is 0 Å². The maximum atomic E-state index is 6.11. The van der Waals surface area contributed by atoms with E-state index >= 15 is 0 Å². The summed E-state index contributed by atoms with van der Waals surface area (Å²) in [6.07, 6.45) is 4.39. The van der Waals surface area contributed by atoms with Crippen LogP contribution in [0, 0.1) is 0 Å². The van der Waals surface area contributed by atoms with Crippen LogP contribution < -0.4 is 4.74 Å². The first-order valence-corrected chi connectivity index (χ1v) is 8.47. The lowest BCUT2D eigenvalue weighted by Gasteiger charge is -2.37. The van der Waals surface area contributed by atoms with Crippen LogP contribution in [0.5, 0.6) is 11.6 Å². The smallest absolute Gasteiger partial charge is 0.226 e. The van der Waals surface area contributed by atoms with Crippen LogP contribution in [0.3, 0.4) is 0 Å². The summed E-state index contributed by atoms with van der Waals surface area (Å²) in [5, 5.41) is 2.64. The minimum Gasteiger partial charge on any atom is -0.438 e. The summed E-state index contributed by atoms with van der Waals surface area (Å²) in [7, 11) is 0. The third-order valence-corrected chi connectivity index (χ3v) is 5.60. The Morgan fingerprint density at radius 2 is 1.68 bits per heavy atom. The maximum Gasteiger partial charge on any atom is 0.226 e. The topological polar surface area (TPSA) is 35.0 Å². The Kier molecular flexibility index (Phi) is 2.34. The molecular weight excluding hydrogens is 308 g/mol. The average molecular weight is 322 g/mol. The molecule has 2 heterocycles. The summed E-state index contributed by atoms with van der Waals surface area (Å²) in [4.78, 5) is 8.76. The summed E-state index contributed by atoms with van der Waals surface area (Å²) in [6.45, 7) is 0. The van der Waals surface area contributed by atoms with E-state index in [-0.39, 0.29) is 5.41 Å². The fraction of sp³-hybridized carbons (Fsp3) is 0.0909. The van der Waals surface area contributed by atoms with Gasteiger partial charge in [0.25, 0.3) is 0 Å². The van der Waals surface area contributed by atoms with Gasteiger partial charge < -0.3 is 4.74 Å². The molecule has 0 fully saturated rings. The van der Waals surface area contributed by atoms with E-state index in [1.807, 2.05) is 18.3 Å². The summed E-state index contributed by atoms with van der Waals surface area (Å²) in [5.41, 5.74) is 4.67. The number of hydrogen-bond donors (Lipinski definition) is 0. The van der Waals surface area contributed by atoms with Gasteiger partial charge in [-0.15, -0.1) is 0 Å². The van der Waals surface area contributed by atoms with E-state index in [1.165, 1.54) is 27.5 Å². The van der Waals surface area contributed by atoms with Crippen molar-refractivity contribution in [3.05, 3.63) is 95.4 Å². The number of ether oxygens (including phenoxy) is 1. The lowest BCUT2D eigenvalue weighted by molar-refractivity contribution is 0.401. The molecule has 0 radical (unpaired) electrons. The minimum absolute atomic E-state index is 0.283. The van der Waals surface area contributed by atoms with Crippen molar-refractivity contribution in [2.24, 2.45) is 0 Å². The van der Waals surface area contributed by atoms with Gasteiger partial charge in [-0.2, -0.15) is 0 Å². The normalized spacial score (nSPS) is 19.5. The summed E-state index contributed by atoms with van der Waals surface area (Å²) < 4.78 is 6.11. The molecule has 118 valence electrons. The first-order chi connectivity index (χ1) is 12.4. The van der Waals surface area contributed by atoms with Crippen LogP contribution in [-0.4, -0.2) is 9.97 Å². The minimum atomic E-state index is -0.283. The molecule has 2 aliphatic rings. The van der Waals surface area contributed by atoms with Gasteiger partial charge in [-0.3, -0.25) is 0 Å². The molecule has 3 heteroatoms. The highest BCUT2D eigenvalue weighted by Gasteiger charge is 2.48. The summed E-state index contributed by atoms with van der Waals surface area (Å²) in [5.74, 6) is 1.55. The molecule has 1 aliphatic carbocycles. The van der Waals surface area contributed by atoms with E-state index in [0.717, 1.165) is 17.7 Å². The Balaban J connectivity index is 1.80. The van der Waals surface area contributed by atoms with Crippen LogP contribution in [0.1, 0.15) is 22.3 Å². The Hall–Kier alpha value is -3.20. The zero-order valence-corrected chi connectivity index (χ0v) is 13.4. The molecule has 0 saturated carbocycles. The van der Waals surface area contributed by atoms with E-state index < -0.39 is 0 Å². The maximum absolute atomic E-state index is 6.11. The Morgan fingerprint density at radius 3 is 2.64 bits per heavy atom. The number of aromatic nitrogens is 2. The molecule has 0 N–H and O–H groups in total. The molecular formula is C22H14N2O. The molecule has 0 saturated heterocycles. The summed E-state index contributed by atoms with van der Waals surface area (Å²) in [6, 6.07) is 21.5. The molecule has 3 aromatic carbocycles. The monoisotopic (exact) mass is 322 g/mol. The van der Waals surface area contributed by atoms with Crippen molar-refractivity contribution >= 4 is 10.8 Å². The lowest BCUT2D eigenvalue weighted by atomic mass is 9.69. The molecule has 0 bridgehead atoms. The number of para-hydroxylation sites is 1. The zero-order valence-electron chi connectivity index (χ0n) is 13.4. The highest BCUT2D eigenvalue weighted by molar-refractivity contribution is 5.94. The highest BCUT2D eigenvalue weighted by Crippen LogP contribution is 2.57. The lowest BCUT2D eigenvalue weighted by Crippen LogP contribution is -2.32. The molecule has 1 aliphatic heterocycles. The van der Waals surface area contributed by atoms with E-state index in [4.69, 9.17) is 4.74 Å². The highest BCUT2D eigenvalue weighted by atomic mass is 16.5. The van der Waals surface area contributed by atoms with Crippen LogP contribution in [0.2, 0.25) is 0 Å². The summed E-state index contributed by atoms with van der Waals surface area (Å²) >= 11 is 0. The van der Waals surface area contributed by atoms with Crippen LogP contribution in [0.15, 0.2) is 73.2 Å². The first kappa shape index (κ1) is 13.1. The van der Waals surface area contributed by atoms with Crippen molar-refractivity contribution in [3.8, 4) is 11.6 Å². The van der Waals surface area contributed by atoms with Gasteiger partial charge in [0, 0.05) is 17.3 Å². The van der Waals surface area contributed by atoms with E-state index in [0.29, 0.717) is 5.88 Å². The molecule has 4 aromatic rings. The number of rotatable bonds is 0. The standard InChI is InChI=1S/C22H14N2O/c1-2-10-19-16(8-1)22(18-12-23-13-24-21(18)25-19)11-15-7-3-5-14-6-4-9-17(22)20(14)15/h1-10,12-13H,11H2. The molecule has 0 amide bonds. The van der Waals surface area contributed by atoms with Crippen molar-refractivity contribution < 1.29 is 4.74 Å². The van der Waals surface area contributed by atoms with Crippen LogP contribution in [-0.2, 0) is 11.8 Å². The number of nitrogens with zero attached hydrogens (tertiary/aromatic N) is 2. The second kappa shape index (κ2) is 4.45.